The van der Waals surface area contributed by atoms with Gasteiger partial charge in [-0.15, -0.1) is 6.42 Å². The molecule has 0 aliphatic carbocycles. The highest BCUT2D eigenvalue weighted by atomic mass is 31.2. The number of halogens is 1. The van der Waals surface area contributed by atoms with Gasteiger partial charge in [-0.05, 0) is 0 Å². The molecular formula is C9H14FO3P. The molecule has 14 heavy (non-hydrogen) atoms. The van der Waals surface area contributed by atoms with Crippen LogP contribution in [0.15, 0.2) is 0 Å². The predicted octanol–water partition coefficient (Wildman–Crippen LogP) is 1.86. The van der Waals surface area contributed by atoms with Crippen molar-refractivity contribution >= 4 is 13.1 Å². The Morgan fingerprint density at radius 3 is 2.43 bits per heavy atom. The van der Waals surface area contributed by atoms with Gasteiger partial charge in [0.15, 0.2) is 6.61 Å². The Morgan fingerprint density at radius 1 is 1.57 bits per heavy atom. The summed E-state index contributed by atoms with van der Waals surface area (Å²) in [4.78, 5) is 11.0. The van der Waals surface area contributed by atoms with E-state index in [4.69, 9.17) is 6.42 Å². The van der Waals surface area contributed by atoms with E-state index in [0.29, 0.717) is 0 Å². The van der Waals surface area contributed by atoms with Crippen molar-refractivity contribution in [2.75, 3.05) is 18.9 Å². The molecule has 0 N–H and O–H groups in total. The van der Waals surface area contributed by atoms with Crippen molar-refractivity contribution in [3.63, 3.8) is 0 Å². The Kier molecular flexibility index (Phi) is 5.49. The number of ether oxygens (including phenoxy) is 1. The van der Waals surface area contributed by atoms with Crippen LogP contribution >= 0.6 is 7.14 Å². The molecule has 0 rings (SSSR count). The maximum atomic E-state index is 13.4. The topological polar surface area (TPSA) is 43.4 Å². The van der Waals surface area contributed by atoms with Gasteiger partial charge in [0.25, 0.3) is 0 Å². The van der Waals surface area contributed by atoms with Crippen LogP contribution in [-0.2, 0) is 14.1 Å². The Labute approximate surface area is 83.4 Å². The first-order chi connectivity index (χ1) is 6.51. The number of hydrogen-bond acceptors (Lipinski definition) is 3. The van der Waals surface area contributed by atoms with Gasteiger partial charge in [-0.2, -0.15) is 0 Å². The zero-order valence-corrected chi connectivity index (χ0v) is 9.22. The highest BCUT2D eigenvalue weighted by Crippen LogP contribution is 2.50. The van der Waals surface area contributed by atoms with Crippen molar-refractivity contribution < 1.29 is 18.5 Å². The van der Waals surface area contributed by atoms with Crippen LogP contribution in [0, 0.1) is 12.3 Å². The van der Waals surface area contributed by atoms with Gasteiger partial charge in [-0.1, -0.05) is 19.8 Å². The summed E-state index contributed by atoms with van der Waals surface area (Å²) in [5.74, 6) is -1.11. The third-order valence-corrected chi connectivity index (χ3v) is 5.15. The molecule has 0 saturated carbocycles. The minimum absolute atomic E-state index is 0.149. The van der Waals surface area contributed by atoms with Crippen molar-refractivity contribution in [3.05, 3.63) is 0 Å². The average molecular weight is 220 g/mol. The summed E-state index contributed by atoms with van der Waals surface area (Å²) in [6, 6.07) is 0. The van der Waals surface area contributed by atoms with Gasteiger partial charge in [0.2, 0.25) is 5.91 Å². The molecule has 0 fully saturated rings. The van der Waals surface area contributed by atoms with Gasteiger partial charge < -0.3 is 9.30 Å². The molecule has 5 heteroatoms. The summed E-state index contributed by atoms with van der Waals surface area (Å²) in [5, 5.41) is 0. The Balaban J connectivity index is 4.45. The molecule has 0 aromatic rings. The highest BCUT2D eigenvalue weighted by molar-refractivity contribution is 7.65. The number of carbonyl (C=O) groups is 1. The van der Waals surface area contributed by atoms with E-state index >= 15 is 0 Å². The molecule has 0 spiro atoms. The Morgan fingerprint density at radius 2 is 2.07 bits per heavy atom. The minimum atomic E-state index is -3.08. The minimum Gasteiger partial charge on any atom is -0.450 e. The first-order valence-electron chi connectivity index (χ1n) is 4.33. The molecule has 80 valence electrons. The van der Waals surface area contributed by atoms with Crippen molar-refractivity contribution in [1.29, 1.82) is 0 Å². The Bertz CT molecular complexity index is 274. The third kappa shape index (κ3) is 3.16. The molecule has 1 atom stereocenters. The van der Waals surface area contributed by atoms with Crippen molar-refractivity contribution in [1.82, 2.24) is 0 Å². The van der Waals surface area contributed by atoms with E-state index in [2.05, 4.69) is 4.74 Å². The van der Waals surface area contributed by atoms with Gasteiger partial charge in [0.05, 0.1) is 0 Å². The zero-order chi connectivity index (χ0) is 11.2. The lowest BCUT2D eigenvalue weighted by atomic mass is 10.7. The van der Waals surface area contributed by atoms with Gasteiger partial charge >= 0.3 is 5.97 Å². The molecule has 3 nitrogen and oxygen atoms in total. The largest absolute Gasteiger partial charge is 0.450 e. The van der Waals surface area contributed by atoms with E-state index in [-0.39, 0.29) is 18.9 Å². The van der Waals surface area contributed by atoms with Crippen LogP contribution in [0.25, 0.3) is 0 Å². The molecule has 0 amide bonds. The second-order valence-electron chi connectivity index (χ2n) is 2.73. The first kappa shape index (κ1) is 13.2. The standard InChI is InChI=1S/C9H14FO3P/c1-4-7-13-9(11)8(10)14(12,5-2)6-3/h1,8H,5-7H2,2-3H3. The fourth-order valence-corrected chi connectivity index (χ4v) is 2.46. The van der Waals surface area contributed by atoms with Crippen LogP contribution in [0.4, 0.5) is 4.39 Å². The second kappa shape index (κ2) is 5.82. The molecule has 0 radical (unpaired) electrons. The smallest absolute Gasteiger partial charge is 0.349 e. The van der Waals surface area contributed by atoms with E-state index in [0.717, 1.165) is 0 Å². The fraction of sp³-hybridized carbons (Fsp3) is 0.667. The molecule has 1 unspecified atom stereocenters. The predicted molar refractivity (Wildman–Crippen MR) is 53.4 cm³/mol. The van der Waals surface area contributed by atoms with Crippen LogP contribution in [0.1, 0.15) is 13.8 Å². The number of esters is 1. The lowest BCUT2D eigenvalue weighted by Crippen LogP contribution is -2.21. The van der Waals surface area contributed by atoms with Gasteiger partial charge in [-0.25, -0.2) is 9.18 Å². The summed E-state index contributed by atoms with van der Waals surface area (Å²) >= 11 is 0. The lowest BCUT2D eigenvalue weighted by molar-refractivity contribution is -0.144. The molecule has 0 aliphatic heterocycles. The number of terminal acetylenes is 1. The van der Waals surface area contributed by atoms with E-state index in [1.807, 2.05) is 5.92 Å². The highest BCUT2D eigenvalue weighted by Gasteiger charge is 2.36. The van der Waals surface area contributed by atoms with Gasteiger partial charge in [0, 0.05) is 12.3 Å². The second-order valence-corrected chi connectivity index (χ2v) is 6.36. The quantitative estimate of drug-likeness (QED) is 0.403. The maximum absolute atomic E-state index is 13.4. The number of carbonyl (C=O) groups excluding carboxylic acids is 1. The summed E-state index contributed by atoms with van der Waals surface area (Å²) in [5.41, 5.74) is 0. The first-order valence-corrected chi connectivity index (χ1v) is 6.48. The van der Waals surface area contributed by atoms with Crippen LogP contribution < -0.4 is 0 Å². The average Bonchev–Trinajstić information content (AvgIpc) is 2.23. The number of hydrogen-bond donors (Lipinski definition) is 0. The van der Waals surface area contributed by atoms with Gasteiger partial charge in [0.1, 0.15) is 7.14 Å². The molecule has 0 aromatic heterocycles. The van der Waals surface area contributed by atoms with Crippen molar-refractivity contribution in [2.45, 2.75) is 19.8 Å². The number of rotatable bonds is 5. The summed E-state index contributed by atoms with van der Waals surface area (Å²) < 4.78 is 29.5. The zero-order valence-electron chi connectivity index (χ0n) is 8.33. The SMILES string of the molecule is C#CCOC(=O)C(F)P(=O)(CC)CC. The van der Waals surface area contributed by atoms with Crippen LogP contribution in [0.3, 0.4) is 0 Å². The third-order valence-electron chi connectivity index (χ3n) is 1.98. The van der Waals surface area contributed by atoms with E-state index in [9.17, 15) is 13.8 Å². The summed E-state index contributed by atoms with van der Waals surface area (Å²) in [6.07, 6.45) is 5.13. The number of alkyl halides is 1. The summed E-state index contributed by atoms with van der Waals surface area (Å²) in [7, 11) is -3.08. The van der Waals surface area contributed by atoms with Gasteiger partial charge in [-0.3, -0.25) is 0 Å². The Hall–Kier alpha value is -0.810. The normalized spacial score (nSPS) is 13.0. The van der Waals surface area contributed by atoms with Crippen LogP contribution in [0.5, 0.6) is 0 Å². The summed E-state index contributed by atoms with van der Waals surface area (Å²) in [6.45, 7) is 2.89. The monoisotopic (exact) mass is 220 g/mol. The lowest BCUT2D eigenvalue weighted by Gasteiger charge is -2.17. The van der Waals surface area contributed by atoms with Crippen LogP contribution in [-0.4, -0.2) is 30.8 Å². The van der Waals surface area contributed by atoms with E-state index < -0.39 is 19.0 Å². The van der Waals surface area contributed by atoms with Crippen LogP contribution in [0.2, 0.25) is 0 Å². The van der Waals surface area contributed by atoms with Crippen molar-refractivity contribution in [3.8, 4) is 12.3 Å². The molecular weight excluding hydrogens is 206 g/mol. The molecule has 0 saturated heterocycles. The fourth-order valence-electron chi connectivity index (χ4n) is 0.918. The van der Waals surface area contributed by atoms with E-state index in [1.54, 1.807) is 13.8 Å². The molecule has 0 bridgehead atoms. The molecule has 0 aliphatic rings. The van der Waals surface area contributed by atoms with Crippen molar-refractivity contribution in [2.24, 2.45) is 0 Å². The molecule has 0 aromatic carbocycles. The maximum Gasteiger partial charge on any atom is 0.349 e. The molecule has 0 heterocycles. The van der Waals surface area contributed by atoms with E-state index in [1.165, 1.54) is 0 Å².